The molecule has 24 heavy (non-hydrogen) atoms. The number of hydrogen-bond acceptors (Lipinski definition) is 5. The highest BCUT2D eigenvalue weighted by atomic mass is 35.5. The van der Waals surface area contributed by atoms with E-state index in [0.717, 1.165) is 0 Å². The summed E-state index contributed by atoms with van der Waals surface area (Å²) in [5.74, 6) is 1.52. The van der Waals surface area contributed by atoms with Crippen LogP contribution in [0.2, 0.25) is 5.02 Å². The summed E-state index contributed by atoms with van der Waals surface area (Å²) in [6.07, 6.45) is 0. The third-order valence-electron chi connectivity index (χ3n) is 3.31. The number of amides is 1. The number of nitrogens with one attached hydrogen (secondary N) is 1. The van der Waals surface area contributed by atoms with E-state index < -0.39 is 0 Å². The van der Waals surface area contributed by atoms with Gasteiger partial charge in [0.2, 0.25) is 0 Å². The first kappa shape index (κ1) is 17.7. The van der Waals surface area contributed by atoms with E-state index in [1.807, 2.05) is 0 Å². The van der Waals surface area contributed by atoms with Crippen LogP contribution in [-0.4, -0.2) is 34.3 Å². The van der Waals surface area contributed by atoms with Crippen LogP contribution in [0.5, 0.6) is 23.0 Å². The SMILES string of the molecule is COc1cc(NC(=O)c2cc(Cl)c(OC)c(OC)c2)cc(OC)c1. The van der Waals surface area contributed by atoms with Crippen LogP contribution >= 0.6 is 11.6 Å². The van der Waals surface area contributed by atoms with Crippen LogP contribution in [-0.2, 0) is 0 Å². The Morgan fingerprint density at radius 3 is 2.00 bits per heavy atom. The Morgan fingerprint density at radius 1 is 0.875 bits per heavy atom. The summed E-state index contributed by atoms with van der Waals surface area (Å²) in [4.78, 5) is 12.5. The lowest BCUT2D eigenvalue weighted by Gasteiger charge is -2.13. The molecule has 0 heterocycles. The van der Waals surface area contributed by atoms with Crippen molar-refractivity contribution in [1.82, 2.24) is 0 Å². The summed E-state index contributed by atoms with van der Waals surface area (Å²) in [5.41, 5.74) is 0.863. The second-order valence-corrected chi connectivity index (χ2v) is 5.16. The molecule has 2 aromatic rings. The molecule has 0 aliphatic carbocycles. The summed E-state index contributed by atoms with van der Waals surface area (Å²) in [7, 11) is 6.03. The molecule has 0 saturated heterocycles. The van der Waals surface area contributed by atoms with E-state index in [1.165, 1.54) is 34.5 Å². The number of hydrogen-bond donors (Lipinski definition) is 1. The number of anilines is 1. The van der Waals surface area contributed by atoms with Gasteiger partial charge in [-0.2, -0.15) is 0 Å². The van der Waals surface area contributed by atoms with Crippen LogP contribution in [0.3, 0.4) is 0 Å². The number of halogens is 1. The number of ether oxygens (including phenoxy) is 4. The van der Waals surface area contributed by atoms with E-state index in [2.05, 4.69) is 5.32 Å². The zero-order valence-electron chi connectivity index (χ0n) is 13.8. The maximum absolute atomic E-state index is 12.5. The molecule has 0 aromatic heterocycles. The van der Waals surface area contributed by atoms with Crippen LogP contribution in [0, 0.1) is 0 Å². The zero-order valence-corrected chi connectivity index (χ0v) is 14.6. The van der Waals surface area contributed by atoms with Crippen molar-refractivity contribution in [2.45, 2.75) is 0 Å². The fourth-order valence-electron chi connectivity index (χ4n) is 2.13. The van der Waals surface area contributed by atoms with Crippen molar-refractivity contribution in [3.8, 4) is 23.0 Å². The van der Waals surface area contributed by atoms with E-state index in [9.17, 15) is 4.79 Å². The van der Waals surface area contributed by atoms with Gasteiger partial charge in [0.25, 0.3) is 5.91 Å². The Labute approximate surface area is 145 Å². The lowest BCUT2D eigenvalue weighted by Crippen LogP contribution is -2.12. The van der Waals surface area contributed by atoms with Crippen LogP contribution in [0.4, 0.5) is 5.69 Å². The molecule has 0 aliphatic rings. The lowest BCUT2D eigenvalue weighted by molar-refractivity contribution is 0.102. The van der Waals surface area contributed by atoms with E-state index in [4.69, 9.17) is 30.5 Å². The highest BCUT2D eigenvalue weighted by Crippen LogP contribution is 2.36. The smallest absolute Gasteiger partial charge is 0.255 e. The average Bonchev–Trinajstić information content (AvgIpc) is 2.60. The first-order chi connectivity index (χ1) is 11.5. The molecule has 0 fully saturated rings. The van der Waals surface area contributed by atoms with Crippen molar-refractivity contribution in [3.05, 3.63) is 40.9 Å². The Hall–Kier alpha value is -2.60. The van der Waals surface area contributed by atoms with Crippen molar-refractivity contribution in [2.24, 2.45) is 0 Å². The standard InChI is InChI=1S/C17H18ClNO5/c1-21-12-7-11(8-13(9-12)22-2)19-17(20)10-5-14(18)16(24-4)15(6-10)23-3/h5-9H,1-4H3,(H,19,20). The molecule has 0 atom stereocenters. The first-order valence-corrected chi connectivity index (χ1v) is 7.36. The van der Waals surface area contributed by atoms with E-state index >= 15 is 0 Å². The number of rotatable bonds is 6. The van der Waals surface area contributed by atoms with Gasteiger partial charge in [0.15, 0.2) is 11.5 Å². The minimum atomic E-state index is -0.354. The molecule has 1 N–H and O–H groups in total. The molecule has 0 aliphatic heterocycles. The quantitative estimate of drug-likeness (QED) is 0.860. The van der Waals surface area contributed by atoms with Gasteiger partial charge in [0.1, 0.15) is 11.5 Å². The molecule has 0 unspecified atom stereocenters. The second-order valence-electron chi connectivity index (χ2n) is 4.75. The minimum absolute atomic E-state index is 0.283. The number of carbonyl (C=O) groups is 1. The van der Waals surface area contributed by atoms with Gasteiger partial charge in [-0.3, -0.25) is 4.79 Å². The Kier molecular flexibility index (Phi) is 5.76. The molecule has 1 amide bonds. The van der Waals surface area contributed by atoms with Crippen LogP contribution < -0.4 is 24.3 Å². The van der Waals surface area contributed by atoms with Crippen molar-refractivity contribution >= 4 is 23.2 Å². The number of methoxy groups -OCH3 is 4. The van der Waals surface area contributed by atoms with Gasteiger partial charge in [0, 0.05) is 29.4 Å². The summed E-state index contributed by atoms with van der Waals surface area (Å²) in [6, 6.07) is 8.14. The summed E-state index contributed by atoms with van der Waals surface area (Å²) >= 11 is 6.13. The second kappa shape index (κ2) is 7.79. The van der Waals surface area contributed by atoms with Gasteiger partial charge in [-0.15, -0.1) is 0 Å². The topological polar surface area (TPSA) is 66.0 Å². The van der Waals surface area contributed by atoms with Gasteiger partial charge in [-0.05, 0) is 12.1 Å². The zero-order chi connectivity index (χ0) is 17.7. The molecule has 7 heteroatoms. The van der Waals surface area contributed by atoms with Gasteiger partial charge in [0.05, 0.1) is 33.5 Å². The average molecular weight is 352 g/mol. The normalized spacial score (nSPS) is 10.0. The van der Waals surface area contributed by atoms with Crippen LogP contribution in [0.15, 0.2) is 30.3 Å². The molecule has 6 nitrogen and oxygen atoms in total. The molecule has 2 rings (SSSR count). The van der Waals surface area contributed by atoms with Crippen LogP contribution in [0.1, 0.15) is 10.4 Å². The fourth-order valence-corrected chi connectivity index (χ4v) is 2.42. The largest absolute Gasteiger partial charge is 0.497 e. The first-order valence-electron chi connectivity index (χ1n) is 6.98. The molecule has 0 spiro atoms. The van der Waals surface area contributed by atoms with Gasteiger partial charge in [-0.25, -0.2) is 0 Å². The molecule has 0 bridgehead atoms. The van der Waals surface area contributed by atoms with E-state index in [1.54, 1.807) is 24.3 Å². The summed E-state index contributed by atoms with van der Waals surface area (Å²) < 4.78 is 20.7. The maximum atomic E-state index is 12.5. The van der Waals surface area contributed by atoms with Crippen molar-refractivity contribution in [2.75, 3.05) is 33.8 Å². The molecule has 0 radical (unpaired) electrons. The van der Waals surface area contributed by atoms with Crippen molar-refractivity contribution < 1.29 is 23.7 Å². The summed E-state index contributed by atoms with van der Waals surface area (Å²) in [5, 5.41) is 3.05. The molecule has 2 aromatic carbocycles. The fraction of sp³-hybridized carbons (Fsp3) is 0.235. The predicted octanol–water partition coefficient (Wildman–Crippen LogP) is 3.63. The van der Waals surface area contributed by atoms with Gasteiger partial charge >= 0.3 is 0 Å². The highest BCUT2D eigenvalue weighted by Gasteiger charge is 2.16. The number of benzene rings is 2. The summed E-state index contributed by atoms with van der Waals surface area (Å²) in [6.45, 7) is 0. The van der Waals surface area contributed by atoms with Gasteiger partial charge in [-0.1, -0.05) is 11.6 Å². The monoisotopic (exact) mass is 351 g/mol. The highest BCUT2D eigenvalue weighted by molar-refractivity contribution is 6.32. The Balaban J connectivity index is 2.32. The molecular weight excluding hydrogens is 334 g/mol. The molecule has 128 valence electrons. The van der Waals surface area contributed by atoms with Crippen molar-refractivity contribution in [3.63, 3.8) is 0 Å². The van der Waals surface area contributed by atoms with E-state index in [-0.39, 0.29) is 10.9 Å². The molecule has 0 saturated carbocycles. The predicted molar refractivity (Wildman–Crippen MR) is 92.1 cm³/mol. The van der Waals surface area contributed by atoms with E-state index in [0.29, 0.717) is 34.2 Å². The minimum Gasteiger partial charge on any atom is -0.497 e. The van der Waals surface area contributed by atoms with Crippen molar-refractivity contribution in [1.29, 1.82) is 0 Å². The maximum Gasteiger partial charge on any atom is 0.255 e. The van der Waals surface area contributed by atoms with Crippen LogP contribution in [0.25, 0.3) is 0 Å². The third kappa shape index (κ3) is 3.83. The Morgan fingerprint density at radius 2 is 1.50 bits per heavy atom. The van der Waals surface area contributed by atoms with Gasteiger partial charge < -0.3 is 24.3 Å². The third-order valence-corrected chi connectivity index (χ3v) is 3.59. The lowest BCUT2D eigenvalue weighted by atomic mass is 10.1. The molecular formula is C17H18ClNO5. The number of carbonyl (C=O) groups excluding carboxylic acids is 1. The Bertz CT molecular complexity index is 726.